The van der Waals surface area contributed by atoms with E-state index in [1.54, 1.807) is 31.6 Å². The molecule has 0 atom stereocenters. The third-order valence-electron chi connectivity index (χ3n) is 2.53. The molecular formula is C14H18N2O4S. The lowest BCUT2D eigenvalue weighted by Gasteiger charge is -2.12. The number of thioether (sulfide) groups is 1. The van der Waals surface area contributed by atoms with E-state index >= 15 is 0 Å². The van der Waals surface area contributed by atoms with Crippen molar-refractivity contribution in [2.75, 3.05) is 27.1 Å². The topological polar surface area (TPSA) is 81.0 Å². The quantitative estimate of drug-likeness (QED) is 0.668. The molecule has 0 saturated carbocycles. The molecule has 7 heteroatoms. The van der Waals surface area contributed by atoms with Crippen LogP contribution < -0.4 is 9.47 Å². The van der Waals surface area contributed by atoms with Gasteiger partial charge in [-0.25, -0.2) is 4.79 Å². The molecule has 0 heterocycles. The van der Waals surface area contributed by atoms with E-state index in [-0.39, 0.29) is 10.8 Å². The van der Waals surface area contributed by atoms with Gasteiger partial charge in [-0.2, -0.15) is 4.99 Å². The predicted octanol–water partition coefficient (Wildman–Crippen LogP) is 2.99. The Morgan fingerprint density at radius 3 is 2.57 bits per heavy atom. The third kappa shape index (κ3) is 4.49. The van der Waals surface area contributed by atoms with Gasteiger partial charge in [-0.15, -0.1) is 11.8 Å². The average Bonchev–Trinajstić information content (AvgIpc) is 2.51. The molecule has 0 saturated heterocycles. The fourth-order valence-corrected chi connectivity index (χ4v) is 2.04. The first kappa shape index (κ1) is 17.0. The zero-order chi connectivity index (χ0) is 15.8. The zero-order valence-corrected chi connectivity index (χ0v) is 13.2. The lowest BCUT2D eigenvalue weighted by Crippen LogP contribution is -2.13. The van der Waals surface area contributed by atoms with Crippen LogP contribution in [-0.2, 0) is 4.74 Å². The van der Waals surface area contributed by atoms with E-state index in [4.69, 9.17) is 14.9 Å². The monoisotopic (exact) mass is 310 g/mol. The highest BCUT2D eigenvalue weighted by molar-refractivity contribution is 8.15. The van der Waals surface area contributed by atoms with Crippen molar-refractivity contribution in [3.63, 3.8) is 0 Å². The number of amides is 1. The molecule has 0 aromatic heterocycles. The van der Waals surface area contributed by atoms with Gasteiger partial charge in [-0.05, 0) is 31.4 Å². The Morgan fingerprint density at radius 1 is 1.33 bits per heavy atom. The molecule has 21 heavy (non-hydrogen) atoms. The first-order valence-electron chi connectivity index (χ1n) is 6.18. The van der Waals surface area contributed by atoms with E-state index in [1.807, 2.05) is 6.92 Å². The van der Waals surface area contributed by atoms with Gasteiger partial charge in [-0.3, -0.25) is 5.41 Å². The minimum atomic E-state index is -0.734. The number of nitrogens with one attached hydrogen (secondary N) is 1. The van der Waals surface area contributed by atoms with E-state index in [0.717, 1.165) is 0 Å². The summed E-state index contributed by atoms with van der Waals surface area (Å²) in [7, 11) is 2.79. The van der Waals surface area contributed by atoms with Gasteiger partial charge in [-0.1, -0.05) is 0 Å². The maximum absolute atomic E-state index is 11.2. The number of nitrogens with zero attached hydrogens (tertiary/aromatic N) is 1. The number of benzene rings is 1. The van der Waals surface area contributed by atoms with Crippen LogP contribution in [0.4, 0.5) is 4.79 Å². The van der Waals surface area contributed by atoms with Crippen molar-refractivity contribution < 1.29 is 19.0 Å². The molecule has 0 radical (unpaired) electrons. The van der Waals surface area contributed by atoms with Crippen LogP contribution in [-0.4, -0.2) is 43.9 Å². The molecular weight excluding hydrogens is 292 g/mol. The Bertz CT molecular complexity index is 558. The van der Waals surface area contributed by atoms with Crippen LogP contribution in [0.1, 0.15) is 12.5 Å². The van der Waals surface area contributed by atoms with E-state index in [2.05, 4.69) is 9.73 Å². The Kier molecular flexibility index (Phi) is 6.74. The number of carbonyl (C=O) groups excluding carboxylic acids is 1. The minimum Gasteiger partial charge on any atom is -0.493 e. The minimum absolute atomic E-state index is 0.122. The summed E-state index contributed by atoms with van der Waals surface area (Å²) in [6.07, 6.45) is 1.01. The molecule has 114 valence electrons. The predicted molar refractivity (Wildman–Crippen MR) is 84.3 cm³/mol. The zero-order valence-electron chi connectivity index (χ0n) is 12.4. The molecule has 1 rings (SSSR count). The van der Waals surface area contributed by atoms with Gasteiger partial charge >= 0.3 is 6.09 Å². The van der Waals surface area contributed by atoms with Crippen LogP contribution in [0, 0.1) is 5.41 Å². The highest BCUT2D eigenvalue weighted by Crippen LogP contribution is 2.28. The fraction of sp³-hybridized carbons (Fsp3) is 0.357. The first-order valence-corrected chi connectivity index (χ1v) is 7.40. The van der Waals surface area contributed by atoms with Crippen molar-refractivity contribution >= 4 is 28.6 Å². The van der Waals surface area contributed by atoms with Gasteiger partial charge in [0.25, 0.3) is 0 Å². The molecule has 1 amide bonds. The Morgan fingerprint density at radius 2 is 2.05 bits per heavy atom. The highest BCUT2D eigenvalue weighted by atomic mass is 32.2. The van der Waals surface area contributed by atoms with Gasteiger partial charge < -0.3 is 14.2 Å². The Balaban J connectivity index is 3.14. The van der Waals surface area contributed by atoms with Crippen LogP contribution in [0.15, 0.2) is 23.2 Å². The van der Waals surface area contributed by atoms with Crippen molar-refractivity contribution in [3.8, 4) is 11.5 Å². The van der Waals surface area contributed by atoms with Crippen molar-refractivity contribution in [1.29, 1.82) is 5.41 Å². The normalized spacial score (nSPS) is 11.0. The van der Waals surface area contributed by atoms with Crippen LogP contribution in [0.2, 0.25) is 0 Å². The molecule has 0 unspecified atom stereocenters. The summed E-state index contributed by atoms with van der Waals surface area (Å²) in [5.41, 5.74) is 0.702. The Labute approximate surface area is 128 Å². The second kappa shape index (κ2) is 8.31. The second-order valence-corrected chi connectivity index (χ2v) is 4.56. The van der Waals surface area contributed by atoms with E-state index in [0.29, 0.717) is 23.7 Å². The fourth-order valence-electron chi connectivity index (χ4n) is 1.56. The molecule has 0 aliphatic heterocycles. The number of rotatable bonds is 5. The van der Waals surface area contributed by atoms with Crippen LogP contribution in [0.3, 0.4) is 0 Å². The Hall–Kier alpha value is -2.02. The third-order valence-corrected chi connectivity index (χ3v) is 3.21. The van der Waals surface area contributed by atoms with Crippen LogP contribution in [0.25, 0.3) is 0 Å². The van der Waals surface area contributed by atoms with Crippen molar-refractivity contribution in [2.45, 2.75) is 6.92 Å². The highest BCUT2D eigenvalue weighted by Gasteiger charge is 2.14. The van der Waals surface area contributed by atoms with E-state index in [9.17, 15) is 4.79 Å². The largest absolute Gasteiger partial charge is 0.493 e. The van der Waals surface area contributed by atoms with Gasteiger partial charge in [0.15, 0.2) is 11.5 Å². The molecule has 1 aromatic rings. The van der Waals surface area contributed by atoms with Crippen molar-refractivity contribution in [2.24, 2.45) is 4.99 Å². The maximum Gasteiger partial charge on any atom is 0.434 e. The lowest BCUT2D eigenvalue weighted by atomic mass is 10.1. The van der Waals surface area contributed by atoms with Gasteiger partial charge in [0.05, 0.1) is 26.5 Å². The smallest absolute Gasteiger partial charge is 0.434 e. The number of aliphatic imine (C=N–C) groups is 1. The summed E-state index contributed by atoms with van der Waals surface area (Å²) in [6.45, 7) is 2.35. The summed E-state index contributed by atoms with van der Waals surface area (Å²) < 4.78 is 15.2. The SMILES string of the molecule is CCOc1cc(C(=N)C(=NC(=O)OC)SC)ccc1OC. The number of ether oxygens (including phenoxy) is 3. The van der Waals surface area contributed by atoms with E-state index < -0.39 is 6.09 Å². The lowest BCUT2D eigenvalue weighted by molar-refractivity contribution is 0.183. The first-order chi connectivity index (χ1) is 10.1. The summed E-state index contributed by atoms with van der Waals surface area (Å²) in [6, 6.07) is 5.12. The van der Waals surface area contributed by atoms with Crippen molar-refractivity contribution in [3.05, 3.63) is 23.8 Å². The van der Waals surface area contributed by atoms with Gasteiger partial charge in [0.1, 0.15) is 5.04 Å². The van der Waals surface area contributed by atoms with E-state index in [1.165, 1.54) is 18.9 Å². The number of hydrogen-bond donors (Lipinski definition) is 1. The molecule has 1 aromatic carbocycles. The molecule has 6 nitrogen and oxygen atoms in total. The molecule has 0 bridgehead atoms. The number of hydrogen-bond acceptors (Lipinski definition) is 6. The summed E-state index contributed by atoms with van der Waals surface area (Å²) in [4.78, 5) is 15.0. The number of carbonyl (C=O) groups is 1. The summed E-state index contributed by atoms with van der Waals surface area (Å²) in [5.74, 6) is 1.13. The molecule has 0 spiro atoms. The van der Waals surface area contributed by atoms with Crippen LogP contribution in [0.5, 0.6) is 11.5 Å². The van der Waals surface area contributed by atoms with Gasteiger partial charge in [0, 0.05) is 5.56 Å². The maximum atomic E-state index is 11.2. The molecule has 0 fully saturated rings. The summed E-state index contributed by atoms with van der Waals surface area (Å²) in [5, 5.41) is 8.43. The second-order valence-electron chi connectivity index (χ2n) is 3.76. The average molecular weight is 310 g/mol. The molecule has 0 aliphatic rings. The number of methoxy groups -OCH3 is 2. The van der Waals surface area contributed by atoms with Crippen molar-refractivity contribution in [1.82, 2.24) is 0 Å². The van der Waals surface area contributed by atoms with Gasteiger partial charge in [0.2, 0.25) is 0 Å². The molecule has 1 N–H and O–H groups in total. The summed E-state index contributed by atoms with van der Waals surface area (Å²) >= 11 is 1.20. The standard InChI is InChI=1S/C14H18N2O4S/c1-5-20-11-8-9(6-7-10(11)18-2)12(15)13(21-4)16-14(17)19-3/h6-8,15H,5H2,1-4H3. The van der Waals surface area contributed by atoms with Crippen LogP contribution >= 0.6 is 11.8 Å². The molecule has 0 aliphatic carbocycles.